The fourth-order valence-electron chi connectivity index (χ4n) is 0. The zero-order valence-corrected chi connectivity index (χ0v) is 5.12. The van der Waals surface area contributed by atoms with Gasteiger partial charge in [0, 0.05) is 0 Å². The van der Waals surface area contributed by atoms with E-state index in [0.29, 0.717) is 6.26 Å². The molecule has 0 amide bonds. The third kappa shape index (κ3) is 18700. The molecule has 1 N–H and O–H groups in total. The van der Waals surface area contributed by atoms with E-state index >= 15 is 0 Å². The van der Waals surface area contributed by atoms with Crippen molar-refractivity contribution >= 4 is 22.7 Å². The first-order valence-electron chi connectivity index (χ1n) is 1.09. The van der Waals surface area contributed by atoms with E-state index in [1.807, 2.05) is 0 Å². The van der Waals surface area contributed by atoms with E-state index < -0.39 is 10.1 Å². The molecule has 4 nitrogen and oxygen atoms in total. The average Bonchev–Trinajstić information content (AvgIpc) is 1.36. The molecule has 0 aliphatic carbocycles. The molecule has 0 unspecified atom stereocenters. The highest BCUT2D eigenvalue weighted by atomic mass is 32.2. The highest BCUT2D eigenvalue weighted by Crippen LogP contribution is 1.60. The predicted octanol–water partition coefficient (Wildman–Crippen LogP) is -0.832. The molecule has 0 rings (SSSR count). The molecular weight excluding hydrogens is 140 g/mol. The van der Waals surface area contributed by atoms with Gasteiger partial charge in [0.15, 0.2) is 12.5 Å². The zero-order chi connectivity index (χ0) is 6.50. The minimum Gasteiger partial charge on any atom is -0.286 e. The molecule has 0 bridgehead atoms. The first-order chi connectivity index (χ1) is 3.00. The molecule has 0 aromatic rings. The van der Waals surface area contributed by atoms with Crippen LogP contribution in [0.15, 0.2) is 0 Å². The fraction of sp³-hybridized carbons (Fsp3) is 1.00. The quantitative estimate of drug-likeness (QED) is 0.449. The Bertz CT molecular complexity index is 104. The van der Waals surface area contributed by atoms with Crippen LogP contribution in [0.5, 0.6) is 0 Å². The van der Waals surface area contributed by atoms with Crippen LogP contribution in [-0.2, 0) is 22.7 Å². The smallest absolute Gasteiger partial charge is 0.261 e. The van der Waals surface area contributed by atoms with Gasteiger partial charge in [-0.25, -0.2) is 0 Å². The molecule has 0 saturated heterocycles. The summed E-state index contributed by atoms with van der Waals surface area (Å²) in [5.41, 5.74) is 0. The maximum atomic E-state index is 9.19. The Hall–Kier alpha value is -0.0700. The average molecular weight is 144 g/mol. The summed E-state index contributed by atoms with van der Waals surface area (Å²) in [6.45, 7) is 0. The van der Waals surface area contributed by atoms with Crippen molar-refractivity contribution in [3.63, 3.8) is 0 Å². The summed E-state index contributed by atoms with van der Waals surface area (Å²) in [4.78, 5) is 0. The van der Waals surface area contributed by atoms with Gasteiger partial charge in [-0.15, -0.1) is 0 Å². The van der Waals surface area contributed by atoms with Gasteiger partial charge in [0.1, 0.15) is 0 Å². The lowest BCUT2D eigenvalue weighted by molar-refractivity contribution is 0.490. The molecule has 7 heavy (non-hydrogen) atoms. The first-order valence-corrected chi connectivity index (χ1v) is 3.27. The summed E-state index contributed by atoms with van der Waals surface area (Å²) in [5.74, 6) is 0. The van der Waals surface area contributed by atoms with E-state index in [0.717, 1.165) is 0 Å². The Morgan fingerprint density at radius 2 is 1.43 bits per heavy atom. The molecule has 44 valence electrons. The fourth-order valence-corrected chi connectivity index (χ4v) is 0. The van der Waals surface area contributed by atoms with Crippen molar-refractivity contribution in [2.24, 2.45) is 0 Å². The van der Waals surface area contributed by atoms with Crippen molar-refractivity contribution < 1.29 is 17.2 Å². The highest BCUT2D eigenvalue weighted by molar-refractivity contribution is 7.85. The maximum Gasteiger partial charge on any atom is 0.261 e. The van der Waals surface area contributed by atoms with E-state index in [9.17, 15) is 8.42 Å². The third-order valence-corrected chi connectivity index (χ3v) is 0. The summed E-state index contributed by atoms with van der Waals surface area (Å²) in [6.07, 6.45) is 0.715. The topological polar surface area (TPSA) is 71.4 Å². The SMILES string of the molecule is CS(=O)(=O)O.O=S. The van der Waals surface area contributed by atoms with Crippen molar-refractivity contribution in [3.05, 3.63) is 0 Å². The molecule has 0 aromatic carbocycles. The molecule has 0 saturated carbocycles. The van der Waals surface area contributed by atoms with Crippen molar-refractivity contribution in [2.75, 3.05) is 6.26 Å². The molecule has 0 atom stereocenters. The van der Waals surface area contributed by atoms with Gasteiger partial charge in [-0.3, -0.25) is 4.55 Å². The van der Waals surface area contributed by atoms with Gasteiger partial charge in [0.2, 0.25) is 0 Å². The summed E-state index contributed by atoms with van der Waals surface area (Å²) in [6, 6.07) is 0. The number of hydrogen-bond acceptors (Lipinski definition) is 4. The Labute approximate surface area is 46.8 Å². The summed E-state index contributed by atoms with van der Waals surface area (Å²) >= 11 is 2.83. The molecule has 0 spiro atoms. The van der Waals surface area contributed by atoms with Crippen LogP contribution >= 0.6 is 0 Å². The minimum absolute atomic E-state index is 0.715. The van der Waals surface area contributed by atoms with Crippen LogP contribution in [0.4, 0.5) is 0 Å². The molecule has 0 aliphatic rings. The molecule has 6 heteroatoms. The van der Waals surface area contributed by atoms with Crippen LogP contribution in [0.2, 0.25) is 0 Å². The van der Waals surface area contributed by atoms with Gasteiger partial charge >= 0.3 is 0 Å². The Kier molecular flexibility index (Phi) is 5.87. The lowest BCUT2D eigenvalue weighted by Gasteiger charge is -1.69. The summed E-state index contributed by atoms with van der Waals surface area (Å²) in [7, 11) is -3.67. The van der Waals surface area contributed by atoms with Crippen LogP contribution < -0.4 is 0 Å². The molecule has 0 radical (unpaired) electrons. The number of rotatable bonds is 0. The van der Waals surface area contributed by atoms with Crippen LogP contribution in [0.3, 0.4) is 0 Å². The Balaban J connectivity index is 0. The van der Waals surface area contributed by atoms with Crippen molar-refractivity contribution in [2.45, 2.75) is 0 Å². The number of hydrogen-bond donors (Lipinski definition) is 1. The van der Waals surface area contributed by atoms with E-state index in [1.165, 1.54) is 0 Å². The second kappa shape index (κ2) is 4.10. The van der Waals surface area contributed by atoms with Crippen LogP contribution in [-0.4, -0.2) is 23.4 Å². The van der Waals surface area contributed by atoms with E-state index in [1.54, 1.807) is 0 Å². The van der Waals surface area contributed by atoms with Gasteiger partial charge in [0.05, 0.1) is 6.26 Å². The van der Waals surface area contributed by atoms with E-state index in [-0.39, 0.29) is 0 Å². The largest absolute Gasteiger partial charge is 0.286 e. The van der Waals surface area contributed by atoms with Gasteiger partial charge in [-0.2, -0.15) is 12.6 Å². The van der Waals surface area contributed by atoms with E-state index in [4.69, 9.17) is 8.76 Å². The highest BCUT2D eigenvalue weighted by Gasteiger charge is 1.81. The Morgan fingerprint density at radius 1 is 1.43 bits per heavy atom. The predicted molar refractivity (Wildman–Crippen MR) is 25.6 cm³/mol. The monoisotopic (exact) mass is 144 g/mol. The second-order valence-corrected chi connectivity index (χ2v) is 2.20. The minimum atomic E-state index is -3.67. The summed E-state index contributed by atoms with van der Waals surface area (Å²) < 4.78 is 33.7. The normalized spacial score (nSPS) is 8.86. The van der Waals surface area contributed by atoms with Crippen LogP contribution in [0.1, 0.15) is 0 Å². The molecule has 0 aliphatic heterocycles. The van der Waals surface area contributed by atoms with Gasteiger partial charge in [0.25, 0.3) is 10.1 Å². The standard InChI is InChI=1S/CH4O3S.OS/c1-5(2,3)4;1-2/h1H3,(H,2,3,4);. The van der Waals surface area contributed by atoms with Crippen molar-refractivity contribution in [1.29, 1.82) is 0 Å². The van der Waals surface area contributed by atoms with E-state index in [2.05, 4.69) is 12.5 Å². The molecule has 0 heterocycles. The second-order valence-electron chi connectivity index (χ2n) is 0.733. The molecular formula is CH4O4S2. The maximum absolute atomic E-state index is 9.19. The zero-order valence-electron chi connectivity index (χ0n) is 3.49. The Morgan fingerprint density at radius 3 is 1.43 bits per heavy atom. The van der Waals surface area contributed by atoms with Crippen LogP contribution in [0, 0.1) is 0 Å². The van der Waals surface area contributed by atoms with Gasteiger partial charge < -0.3 is 0 Å². The van der Waals surface area contributed by atoms with Crippen molar-refractivity contribution in [3.8, 4) is 0 Å². The van der Waals surface area contributed by atoms with Gasteiger partial charge in [-0.1, -0.05) is 0 Å². The third-order valence-electron chi connectivity index (χ3n) is 0. The summed E-state index contributed by atoms with van der Waals surface area (Å²) in [5, 5.41) is 0. The van der Waals surface area contributed by atoms with Crippen molar-refractivity contribution in [1.82, 2.24) is 0 Å². The first kappa shape index (κ1) is 10.0. The van der Waals surface area contributed by atoms with Gasteiger partial charge in [-0.05, 0) is 0 Å². The molecule has 0 fully saturated rings. The lowest BCUT2D eigenvalue weighted by atomic mass is 12.0. The lowest BCUT2D eigenvalue weighted by Crippen LogP contribution is -1.88. The van der Waals surface area contributed by atoms with Crippen LogP contribution in [0.25, 0.3) is 0 Å². The molecule has 0 aromatic heterocycles.